The van der Waals surface area contributed by atoms with Gasteiger partial charge in [0.25, 0.3) is 0 Å². The zero-order chi connectivity index (χ0) is 18.0. The summed E-state index contributed by atoms with van der Waals surface area (Å²) in [5, 5.41) is 6.54. The van der Waals surface area contributed by atoms with E-state index in [1.54, 1.807) is 0 Å². The highest BCUT2D eigenvalue weighted by Crippen LogP contribution is 2.17. The van der Waals surface area contributed by atoms with Gasteiger partial charge in [-0.25, -0.2) is 0 Å². The van der Waals surface area contributed by atoms with Gasteiger partial charge >= 0.3 is 0 Å². The average molecular weight is 344 g/mol. The van der Waals surface area contributed by atoms with E-state index < -0.39 is 0 Å². The molecule has 0 radical (unpaired) electrons. The second-order valence-corrected chi connectivity index (χ2v) is 6.30. The topological polar surface area (TPSA) is 41.1 Å². The molecule has 2 N–H and O–H groups in total. The molecule has 0 bridgehead atoms. The molecule has 0 spiro atoms. The molecule has 132 valence electrons. The number of nitrogens with one attached hydrogen (secondary N) is 2. The molecule has 0 aliphatic heterocycles. The molecule has 0 fully saturated rings. The van der Waals surface area contributed by atoms with Gasteiger partial charge in [0.15, 0.2) is 0 Å². The number of hydrogen-bond acceptors (Lipinski definition) is 2. The lowest BCUT2D eigenvalue weighted by molar-refractivity contribution is -0.121. The van der Waals surface area contributed by atoms with Crippen LogP contribution >= 0.6 is 0 Å². The molecule has 0 aromatic heterocycles. The van der Waals surface area contributed by atoms with Crippen LogP contribution in [0.15, 0.2) is 91.0 Å². The van der Waals surface area contributed by atoms with Gasteiger partial charge < -0.3 is 10.6 Å². The van der Waals surface area contributed by atoms with Crippen molar-refractivity contribution < 1.29 is 4.79 Å². The van der Waals surface area contributed by atoms with Crippen LogP contribution in [-0.4, -0.2) is 5.91 Å². The van der Waals surface area contributed by atoms with Crippen LogP contribution in [0.2, 0.25) is 0 Å². The van der Waals surface area contributed by atoms with Crippen molar-refractivity contribution in [1.82, 2.24) is 10.6 Å². The highest BCUT2D eigenvalue weighted by molar-refractivity contribution is 5.76. The third-order valence-electron chi connectivity index (χ3n) is 4.32. The summed E-state index contributed by atoms with van der Waals surface area (Å²) in [7, 11) is 0. The minimum Gasteiger partial charge on any atom is -0.352 e. The van der Waals surface area contributed by atoms with Gasteiger partial charge in [-0.2, -0.15) is 0 Å². The van der Waals surface area contributed by atoms with Gasteiger partial charge in [0, 0.05) is 25.6 Å². The Bertz CT molecular complexity index is 788. The number of benzene rings is 3. The van der Waals surface area contributed by atoms with E-state index in [4.69, 9.17) is 0 Å². The monoisotopic (exact) mass is 344 g/mol. The maximum Gasteiger partial charge on any atom is 0.222 e. The first kappa shape index (κ1) is 17.9. The molecule has 1 atom stereocenters. The molecule has 3 rings (SSSR count). The van der Waals surface area contributed by atoms with Gasteiger partial charge in [0.05, 0.1) is 0 Å². The Labute approximate surface area is 155 Å². The van der Waals surface area contributed by atoms with Crippen LogP contribution in [0, 0.1) is 0 Å². The predicted molar refractivity (Wildman–Crippen MR) is 105 cm³/mol. The van der Waals surface area contributed by atoms with Gasteiger partial charge in [-0.05, 0) is 16.7 Å². The van der Waals surface area contributed by atoms with E-state index in [0.29, 0.717) is 13.0 Å². The number of rotatable bonds is 8. The summed E-state index contributed by atoms with van der Waals surface area (Å²) in [6.07, 6.45) is 0.406. The summed E-state index contributed by atoms with van der Waals surface area (Å²) in [4.78, 5) is 12.5. The quantitative estimate of drug-likeness (QED) is 0.642. The van der Waals surface area contributed by atoms with Gasteiger partial charge in [-0.1, -0.05) is 91.0 Å². The fourth-order valence-electron chi connectivity index (χ4n) is 2.88. The van der Waals surface area contributed by atoms with Crippen molar-refractivity contribution in [1.29, 1.82) is 0 Å². The Morgan fingerprint density at radius 3 is 1.77 bits per heavy atom. The van der Waals surface area contributed by atoms with Gasteiger partial charge in [-0.3, -0.25) is 4.79 Å². The van der Waals surface area contributed by atoms with Crippen LogP contribution in [0.3, 0.4) is 0 Å². The van der Waals surface area contributed by atoms with Gasteiger partial charge in [0.2, 0.25) is 5.91 Å². The average Bonchev–Trinajstić information content (AvgIpc) is 2.72. The molecule has 26 heavy (non-hydrogen) atoms. The van der Waals surface area contributed by atoms with Crippen molar-refractivity contribution in [2.24, 2.45) is 0 Å². The minimum absolute atomic E-state index is 0.0211. The van der Waals surface area contributed by atoms with Crippen molar-refractivity contribution in [3.8, 4) is 0 Å². The Morgan fingerprint density at radius 2 is 1.19 bits per heavy atom. The number of amides is 1. The van der Waals surface area contributed by atoms with Crippen LogP contribution in [-0.2, 0) is 17.9 Å². The molecule has 3 aromatic carbocycles. The molecule has 0 saturated heterocycles. The van der Waals surface area contributed by atoms with E-state index in [0.717, 1.165) is 17.7 Å². The maximum absolute atomic E-state index is 12.5. The fourth-order valence-corrected chi connectivity index (χ4v) is 2.88. The summed E-state index contributed by atoms with van der Waals surface area (Å²) in [6, 6.07) is 30.3. The van der Waals surface area contributed by atoms with Crippen LogP contribution in [0.5, 0.6) is 0 Å². The maximum atomic E-state index is 12.5. The van der Waals surface area contributed by atoms with E-state index in [1.807, 2.05) is 66.7 Å². The van der Waals surface area contributed by atoms with Gasteiger partial charge in [-0.15, -0.1) is 0 Å². The lowest BCUT2D eigenvalue weighted by atomic mass is 10.0. The van der Waals surface area contributed by atoms with E-state index in [2.05, 4.69) is 34.9 Å². The van der Waals surface area contributed by atoms with E-state index in [1.165, 1.54) is 5.56 Å². The Morgan fingerprint density at radius 1 is 0.692 bits per heavy atom. The SMILES string of the molecule is O=C(CC(NCc1ccccc1)c1ccccc1)NCc1ccccc1. The molecular weight excluding hydrogens is 320 g/mol. The summed E-state index contributed by atoms with van der Waals surface area (Å²) >= 11 is 0. The first-order chi connectivity index (χ1) is 12.8. The third-order valence-corrected chi connectivity index (χ3v) is 4.32. The highest BCUT2D eigenvalue weighted by Gasteiger charge is 2.15. The molecule has 1 amide bonds. The van der Waals surface area contributed by atoms with Crippen LogP contribution in [0.25, 0.3) is 0 Å². The molecule has 3 heteroatoms. The van der Waals surface area contributed by atoms with Crippen molar-refractivity contribution >= 4 is 5.91 Å². The second-order valence-electron chi connectivity index (χ2n) is 6.30. The van der Waals surface area contributed by atoms with Crippen molar-refractivity contribution in [2.75, 3.05) is 0 Å². The molecule has 0 aliphatic rings. The molecule has 1 unspecified atom stereocenters. The number of carbonyl (C=O) groups excluding carboxylic acids is 1. The molecular formula is C23H24N2O. The third kappa shape index (κ3) is 5.57. The normalized spacial score (nSPS) is 11.7. The number of hydrogen-bond donors (Lipinski definition) is 2. The molecule has 3 aromatic rings. The predicted octanol–water partition coefficient (Wildman–Crippen LogP) is 4.22. The van der Waals surface area contributed by atoms with Crippen LogP contribution in [0.1, 0.15) is 29.2 Å². The Balaban J connectivity index is 1.60. The van der Waals surface area contributed by atoms with Crippen molar-refractivity contribution in [3.05, 3.63) is 108 Å². The van der Waals surface area contributed by atoms with Crippen molar-refractivity contribution in [3.63, 3.8) is 0 Å². The summed E-state index contributed by atoms with van der Waals surface area (Å²) in [5.41, 5.74) is 3.44. The Hall–Kier alpha value is -2.91. The molecule has 3 nitrogen and oxygen atoms in total. The smallest absolute Gasteiger partial charge is 0.222 e. The number of carbonyl (C=O) groups is 1. The van der Waals surface area contributed by atoms with Crippen molar-refractivity contribution in [2.45, 2.75) is 25.6 Å². The second kappa shape index (κ2) is 9.54. The van der Waals surface area contributed by atoms with E-state index in [9.17, 15) is 4.79 Å². The van der Waals surface area contributed by atoms with E-state index >= 15 is 0 Å². The summed E-state index contributed by atoms with van der Waals surface area (Å²) in [5.74, 6) is 0.0447. The lowest BCUT2D eigenvalue weighted by Crippen LogP contribution is -2.30. The molecule has 0 saturated carbocycles. The summed E-state index contributed by atoms with van der Waals surface area (Å²) in [6.45, 7) is 1.28. The highest BCUT2D eigenvalue weighted by atomic mass is 16.1. The lowest BCUT2D eigenvalue weighted by Gasteiger charge is -2.19. The summed E-state index contributed by atoms with van der Waals surface area (Å²) < 4.78 is 0. The van der Waals surface area contributed by atoms with Crippen LogP contribution in [0.4, 0.5) is 0 Å². The standard InChI is InChI=1S/C23H24N2O/c26-23(25-18-20-12-6-2-7-13-20)16-22(21-14-8-3-9-15-21)24-17-19-10-4-1-5-11-19/h1-15,22,24H,16-18H2,(H,25,26). The first-order valence-electron chi connectivity index (χ1n) is 8.94. The van der Waals surface area contributed by atoms with E-state index in [-0.39, 0.29) is 11.9 Å². The fraction of sp³-hybridized carbons (Fsp3) is 0.174. The minimum atomic E-state index is -0.0211. The van der Waals surface area contributed by atoms with Crippen LogP contribution < -0.4 is 10.6 Å². The zero-order valence-corrected chi connectivity index (χ0v) is 14.8. The molecule has 0 aliphatic carbocycles. The largest absolute Gasteiger partial charge is 0.352 e. The zero-order valence-electron chi connectivity index (χ0n) is 14.8. The Kier molecular flexibility index (Phi) is 6.57. The molecule has 0 heterocycles. The first-order valence-corrected chi connectivity index (χ1v) is 8.94. The van der Waals surface area contributed by atoms with Gasteiger partial charge in [0.1, 0.15) is 0 Å².